The second-order valence-corrected chi connectivity index (χ2v) is 6.24. The standard InChI is InChI=1S/C17H22F6N2/c1-2-3-4-15(25-9-7-24-8-10-25)13-11-12(16(18,19)20)5-6-14(13)17(21,22)23/h5-6,11,15,24H,2-4,7-10H2,1H3/t15-/m1/s1. The molecule has 1 aliphatic rings. The second kappa shape index (κ2) is 7.95. The molecule has 1 aliphatic heterocycles. The number of nitrogens with zero attached hydrogens (tertiary/aromatic N) is 1. The Morgan fingerprint density at radius 2 is 1.68 bits per heavy atom. The van der Waals surface area contributed by atoms with Crippen LogP contribution in [0.15, 0.2) is 18.2 Å². The zero-order chi connectivity index (χ0) is 18.7. The van der Waals surface area contributed by atoms with Gasteiger partial charge in [-0.05, 0) is 30.2 Å². The second-order valence-electron chi connectivity index (χ2n) is 6.24. The molecule has 142 valence electrons. The van der Waals surface area contributed by atoms with E-state index in [2.05, 4.69) is 5.32 Å². The first-order chi connectivity index (χ1) is 11.6. The Morgan fingerprint density at radius 3 is 2.20 bits per heavy atom. The van der Waals surface area contributed by atoms with Gasteiger partial charge in [0.05, 0.1) is 11.1 Å². The first-order valence-electron chi connectivity index (χ1n) is 8.37. The summed E-state index contributed by atoms with van der Waals surface area (Å²) in [6.45, 7) is 4.17. The van der Waals surface area contributed by atoms with Crippen LogP contribution in [-0.2, 0) is 12.4 Å². The summed E-state index contributed by atoms with van der Waals surface area (Å²) in [5.74, 6) is 0. The van der Waals surface area contributed by atoms with Crippen molar-refractivity contribution in [1.29, 1.82) is 0 Å². The summed E-state index contributed by atoms with van der Waals surface area (Å²) in [5, 5.41) is 3.11. The van der Waals surface area contributed by atoms with E-state index >= 15 is 0 Å². The van der Waals surface area contributed by atoms with E-state index < -0.39 is 29.5 Å². The Bertz CT molecular complexity index is 561. The van der Waals surface area contributed by atoms with Crippen LogP contribution >= 0.6 is 0 Å². The Balaban J connectivity index is 2.51. The number of hydrogen-bond acceptors (Lipinski definition) is 2. The number of rotatable bonds is 5. The third-order valence-corrected chi connectivity index (χ3v) is 4.47. The summed E-state index contributed by atoms with van der Waals surface area (Å²) in [6, 6.07) is 1.10. The number of nitrogens with one attached hydrogen (secondary N) is 1. The molecule has 8 heteroatoms. The van der Waals surface area contributed by atoms with E-state index in [-0.39, 0.29) is 5.56 Å². The summed E-state index contributed by atoms with van der Waals surface area (Å²) >= 11 is 0. The molecule has 0 saturated carbocycles. The molecule has 1 fully saturated rings. The molecule has 25 heavy (non-hydrogen) atoms. The number of piperazine rings is 1. The van der Waals surface area contributed by atoms with E-state index in [1.807, 2.05) is 11.8 Å². The molecule has 2 rings (SSSR count). The average molecular weight is 368 g/mol. The first-order valence-corrected chi connectivity index (χ1v) is 8.37. The van der Waals surface area contributed by atoms with Crippen LogP contribution in [0.1, 0.15) is 48.9 Å². The van der Waals surface area contributed by atoms with Gasteiger partial charge in [-0.25, -0.2) is 0 Å². The molecule has 0 radical (unpaired) electrons. The third-order valence-electron chi connectivity index (χ3n) is 4.47. The fourth-order valence-electron chi connectivity index (χ4n) is 3.20. The highest BCUT2D eigenvalue weighted by Gasteiger charge is 2.39. The van der Waals surface area contributed by atoms with E-state index in [4.69, 9.17) is 0 Å². The van der Waals surface area contributed by atoms with Crippen LogP contribution in [0.2, 0.25) is 0 Å². The van der Waals surface area contributed by atoms with Crippen LogP contribution in [0, 0.1) is 0 Å². The zero-order valence-electron chi connectivity index (χ0n) is 14.0. The molecule has 1 saturated heterocycles. The van der Waals surface area contributed by atoms with Crippen molar-refractivity contribution in [2.75, 3.05) is 26.2 Å². The van der Waals surface area contributed by atoms with Crippen molar-refractivity contribution in [3.05, 3.63) is 34.9 Å². The molecular weight excluding hydrogens is 346 g/mol. The first kappa shape index (κ1) is 20.0. The molecule has 1 aromatic carbocycles. The summed E-state index contributed by atoms with van der Waals surface area (Å²) < 4.78 is 79.4. The van der Waals surface area contributed by atoms with Crippen LogP contribution in [0.25, 0.3) is 0 Å². The zero-order valence-corrected chi connectivity index (χ0v) is 14.0. The summed E-state index contributed by atoms with van der Waals surface area (Å²) in [5.41, 5.74) is -2.27. The normalized spacial score (nSPS) is 18.4. The highest BCUT2D eigenvalue weighted by molar-refractivity contribution is 5.37. The van der Waals surface area contributed by atoms with Gasteiger partial charge in [0.15, 0.2) is 0 Å². The minimum Gasteiger partial charge on any atom is -0.314 e. The predicted molar refractivity (Wildman–Crippen MR) is 83.2 cm³/mol. The largest absolute Gasteiger partial charge is 0.416 e. The van der Waals surface area contributed by atoms with Crippen LogP contribution < -0.4 is 5.32 Å². The van der Waals surface area contributed by atoms with Crippen molar-refractivity contribution < 1.29 is 26.3 Å². The number of halogens is 6. The molecule has 0 spiro atoms. The molecule has 0 aliphatic carbocycles. The van der Waals surface area contributed by atoms with Gasteiger partial charge in [0.25, 0.3) is 0 Å². The fourth-order valence-corrected chi connectivity index (χ4v) is 3.20. The fraction of sp³-hybridized carbons (Fsp3) is 0.647. The van der Waals surface area contributed by atoms with Crippen LogP contribution in [-0.4, -0.2) is 31.1 Å². The Hall–Kier alpha value is -1.28. The van der Waals surface area contributed by atoms with Gasteiger partial charge in [0.1, 0.15) is 0 Å². The van der Waals surface area contributed by atoms with Crippen LogP contribution in [0.3, 0.4) is 0 Å². The highest BCUT2D eigenvalue weighted by Crippen LogP contribution is 2.41. The van der Waals surface area contributed by atoms with Gasteiger partial charge in [-0.2, -0.15) is 26.3 Å². The molecule has 2 nitrogen and oxygen atoms in total. The van der Waals surface area contributed by atoms with Crippen molar-refractivity contribution >= 4 is 0 Å². The van der Waals surface area contributed by atoms with Gasteiger partial charge >= 0.3 is 12.4 Å². The van der Waals surface area contributed by atoms with Crippen molar-refractivity contribution in [2.45, 2.75) is 44.6 Å². The number of hydrogen-bond donors (Lipinski definition) is 1. The molecule has 1 aromatic rings. The van der Waals surface area contributed by atoms with Crippen molar-refractivity contribution in [3.63, 3.8) is 0 Å². The smallest absolute Gasteiger partial charge is 0.314 e. The molecule has 0 unspecified atom stereocenters. The average Bonchev–Trinajstić information content (AvgIpc) is 2.54. The summed E-state index contributed by atoms with van der Waals surface area (Å²) in [6.07, 6.45) is -7.53. The molecule has 0 amide bonds. The van der Waals surface area contributed by atoms with E-state index in [0.717, 1.165) is 6.42 Å². The molecule has 0 aromatic heterocycles. The number of benzene rings is 1. The van der Waals surface area contributed by atoms with Crippen LogP contribution in [0.4, 0.5) is 26.3 Å². The lowest BCUT2D eigenvalue weighted by Gasteiger charge is -2.36. The summed E-state index contributed by atoms with van der Waals surface area (Å²) in [7, 11) is 0. The highest BCUT2D eigenvalue weighted by atomic mass is 19.4. The molecular formula is C17H22F6N2. The SMILES string of the molecule is CCCC[C@H](c1cc(C(F)(F)F)ccc1C(F)(F)F)N1CCNCC1. The Labute approximate surface area is 143 Å². The van der Waals surface area contributed by atoms with E-state index in [1.54, 1.807) is 0 Å². The van der Waals surface area contributed by atoms with Gasteiger partial charge < -0.3 is 5.32 Å². The minimum absolute atomic E-state index is 0.266. The Kier molecular flexibility index (Phi) is 6.37. The van der Waals surface area contributed by atoms with E-state index in [0.29, 0.717) is 57.2 Å². The summed E-state index contributed by atoms with van der Waals surface area (Å²) in [4.78, 5) is 1.86. The van der Waals surface area contributed by atoms with Crippen molar-refractivity contribution in [1.82, 2.24) is 10.2 Å². The van der Waals surface area contributed by atoms with Gasteiger partial charge in [-0.3, -0.25) is 4.90 Å². The van der Waals surface area contributed by atoms with Crippen LogP contribution in [0.5, 0.6) is 0 Å². The van der Waals surface area contributed by atoms with E-state index in [9.17, 15) is 26.3 Å². The Morgan fingerprint density at radius 1 is 1.04 bits per heavy atom. The minimum atomic E-state index is -4.68. The maximum absolute atomic E-state index is 13.4. The molecule has 1 heterocycles. The van der Waals surface area contributed by atoms with Crippen molar-refractivity contribution in [3.8, 4) is 0 Å². The monoisotopic (exact) mass is 368 g/mol. The maximum Gasteiger partial charge on any atom is 0.416 e. The lowest BCUT2D eigenvalue weighted by atomic mass is 9.92. The van der Waals surface area contributed by atoms with Crippen molar-refractivity contribution in [2.24, 2.45) is 0 Å². The molecule has 0 bridgehead atoms. The maximum atomic E-state index is 13.4. The molecule has 1 atom stereocenters. The quantitative estimate of drug-likeness (QED) is 0.747. The van der Waals surface area contributed by atoms with Gasteiger partial charge in [-0.15, -0.1) is 0 Å². The van der Waals surface area contributed by atoms with E-state index in [1.165, 1.54) is 0 Å². The lowest BCUT2D eigenvalue weighted by molar-refractivity contribution is -0.142. The van der Waals surface area contributed by atoms with Gasteiger partial charge in [0, 0.05) is 32.2 Å². The molecule has 1 N–H and O–H groups in total. The topological polar surface area (TPSA) is 15.3 Å². The number of alkyl halides is 6. The predicted octanol–water partition coefficient (Wildman–Crippen LogP) is 4.86. The lowest BCUT2D eigenvalue weighted by Crippen LogP contribution is -2.45. The number of unbranched alkanes of at least 4 members (excludes halogenated alkanes) is 1. The van der Waals surface area contributed by atoms with Gasteiger partial charge in [0.2, 0.25) is 0 Å². The van der Waals surface area contributed by atoms with Gasteiger partial charge in [-0.1, -0.05) is 19.8 Å². The third kappa shape index (κ3) is 5.10.